The van der Waals surface area contributed by atoms with E-state index in [0.29, 0.717) is 16.9 Å². The van der Waals surface area contributed by atoms with Gasteiger partial charge in [0.05, 0.1) is 20.8 Å². The number of rotatable bonds is 5. The fourth-order valence-corrected chi connectivity index (χ4v) is 3.64. The monoisotopic (exact) mass is 430 g/mol. The number of hydrogen-bond acceptors (Lipinski definition) is 8. The van der Waals surface area contributed by atoms with Crippen molar-refractivity contribution in [2.75, 3.05) is 10.7 Å². The number of fused-ring (bicyclic) bond motifs is 1. The van der Waals surface area contributed by atoms with Crippen molar-refractivity contribution < 1.29 is 4.92 Å². The zero-order chi connectivity index (χ0) is 21.8. The molecule has 0 bridgehead atoms. The molecule has 3 N–H and O–H groups in total. The highest BCUT2D eigenvalue weighted by atomic mass is 32.1. The first-order valence-corrected chi connectivity index (χ1v) is 10.2. The van der Waals surface area contributed by atoms with Gasteiger partial charge in [-0.1, -0.05) is 29.8 Å². The Labute approximate surface area is 181 Å². The van der Waals surface area contributed by atoms with Gasteiger partial charge in [0, 0.05) is 17.8 Å². The van der Waals surface area contributed by atoms with Crippen LogP contribution in [0.25, 0.3) is 10.2 Å². The van der Waals surface area contributed by atoms with E-state index in [4.69, 9.17) is 10.4 Å². The zero-order valence-electron chi connectivity index (χ0n) is 16.5. The Bertz CT molecular complexity index is 1380. The van der Waals surface area contributed by atoms with E-state index in [0.717, 1.165) is 21.5 Å². The minimum atomic E-state index is -0.458. The summed E-state index contributed by atoms with van der Waals surface area (Å²) >= 11 is 1.27. The molecule has 8 nitrogen and oxygen atoms in total. The van der Waals surface area contributed by atoms with E-state index < -0.39 is 4.92 Å². The Morgan fingerprint density at radius 1 is 1.00 bits per heavy atom. The van der Waals surface area contributed by atoms with Gasteiger partial charge in [0.2, 0.25) is 0 Å². The molecule has 1 heterocycles. The summed E-state index contributed by atoms with van der Waals surface area (Å²) in [4.78, 5) is 15.1. The summed E-state index contributed by atoms with van der Waals surface area (Å²) in [6, 6.07) is 21.4. The van der Waals surface area contributed by atoms with Gasteiger partial charge in [-0.25, -0.2) is 4.98 Å². The van der Waals surface area contributed by atoms with Crippen LogP contribution in [0.5, 0.6) is 0 Å². The second-order valence-corrected chi connectivity index (χ2v) is 7.78. The van der Waals surface area contributed by atoms with Crippen molar-refractivity contribution in [2.24, 2.45) is 5.10 Å². The van der Waals surface area contributed by atoms with Crippen LogP contribution >= 0.6 is 11.3 Å². The summed E-state index contributed by atoms with van der Waals surface area (Å²) in [7, 11) is 0. The Hall–Kier alpha value is -4.11. The predicted molar refractivity (Wildman–Crippen MR) is 122 cm³/mol. The maximum absolute atomic E-state index is 10.8. The molecule has 9 heteroatoms. The number of nitrogens with zero attached hydrogens (tertiary/aromatic N) is 3. The van der Waals surface area contributed by atoms with Gasteiger partial charge in [-0.2, -0.15) is 5.10 Å². The lowest BCUT2D eigenvalue weighted by Crippen LogP contribution is -2.25. The number of non-ortho nitro benzene ring substituents is 1. The van der Waals surface area contributed by atoms with E-state index in [1.165, 1.54) is 23.5 Å². The van der Waals surface area contributed by atoms with E-state index in [2.05, 4.69) is 15.8 Å². The van der Waals surface area contributed by atoms with Crippen LogP contribution in [-0.4, -0.2) is 9.91 Å². The summed E-state index contributed by atoms with van der Waals surface area (Å²) in [6.07, 6.45) is 0. The number of nitro groups is 1. The quantitative estimate of drug-likeness (QED) is 0.314. The van der Waals surface area contributed by atoms with Crippen molar-refractivity contribution >= 4 is 44.4 Å². The van der Waals surface area contributed by atoms with Crippen LogP contribution in [0, 0.1) is 22.4 Å². The molecule has 0 saturated heterocycles. The molecule has 0 spiro atoms. The SMILES string of the molecule is Cc1ccc(Nc2nc3ccccc3sc(=N)/c2=N\Nc2ccc([N+](=O)[O-])cc2)cc1. The molecule has 0 fully saturated rings. The van der Waals surface area contributed by atoms with Crippen molar-refractivity contribution in [3.8, 4) is 0 Å². The average molecular weight is 430 g/mol. The summed E-state index contributed by atoms with van der Waals surface area (Å²) in [5.74, 6) is 0.431. The predicted octanol–water partition coefficient (Wildman–Crippen LogP) is 4.66. The van der Waals surface area contributed by atoms with Crippen molar-refractivity contribution in [2.45, 2.75) is 6.92 Å². The summed E-state index contributed by atoms with van der Waals surface area (Å²) < 4.78 is 1.08. The fourth-order valence-electron chi connectivity index (χ4n) is 2.82. The van der Waals surface area contributed by atoms with E-state index in [1.54, 1.807) is 12.1 Å². The molecule has 0 aliphatic heterocycles. The molecule has 0 radical (unpaired) electrons. The maximum Gasteiger partial charge on any atom is 0.269 e. The highest BCUT2D eigenvalue weighted by Gasteiger charge is 2.06. The normalized spacial score (nSPS) is 11.3. The lowest BCUT2D eigenvalue weighted by molar-refractivity contribution is -0.384. The van der Waals surface area contributed by atoms with Crippen LogP contribution in [0.15, 0.2) is 77.9 Å². The molecule has 154 valence electrons. The highest BCUT2D eigenvalue weighted by Crippen LogP contribution is 2.17. The minimum Gasteiger partial charge on any atom is -0.338 e. The molecule has 0 amide bonds. The smallest absolute Gasteiger partial charge is 0.269 e. The highest BCUT2D eigenvalue weighted by molar-refractivity contribution is 7.15. The molecule has 1 aromatic heterocycles. The van der Waals surface area contributed by atoms with Gasteiger partial charge >= 0.3 is 0 Å². The van der Waals surface area contributed by atoms with E-state index in [9.17, 15) is 10.1 Å². The maximum atomic E-state index is 10.8. The number of aromatic nitrogens is 1. The molecule has 0 aliphatic carbocycles. The van der Waals surface area contributed by atoms with E-state index in [-0.39, 0.29) is 10.4 Å². The first-order valence-electron chi connectivity index (χ1n) is 9.36. The molecular formula is C22H18N6O2S. The summed E-state index contributed by atoms with van der Waals surface area (Å²) in [6.45, 7) is 2.01. The van der Waals surface area contributed by atoms with E-state index in [1.807, 2.05) is 55.5 Å². The fraction of sp³-hybridized carbons (Fsp3) is 0.0455. The Morgan fingerprint density at radius 2 is 1.68 bits per heavy atom. The first kappa shape index (κ1) is 20.2. The number of nitro benzene ring substituents is 1. The Kier molecular flexibility index (Phi) is 5.67. The van der Waals surface area contributed by atoms with Gasteiger partial charge in [-0.15, -0.1) is 11.3 Å². The van der Waals surface area contributed by atoms with Gasteiger partial charge in [0.25, 0.3) is 5.69 Å². The third kappa shape index (κ3) is 4.73. The van der Waals surface area contributed by atoms with Crippen molar-refractivity contribution in [3.63, 3.8) is 0 Å². The second kappa shape index (κ2) is 8.72. The van der Waals surface area contributed by atoms with Crippen LogP contribution < -0.4 is 20.8 Å². The summed E-state index contributed by atoms with van der Waals surface area (Å²) in [5, 5.41) is 27.4. The van der Waals surface area contributed by atoms with Gasteiger partial charge in [-0.3, -0.25) is 20.9 Å². The molecular weight excluding hydrogens is 412 g/mol. The van der Waals surface area contributed by atoms with Crippen molar-refractivity contribution in [3.05, 3.63) is 98.5 Å². The average Bonchev–Trinajstić information content (AvgIpc) is 2.89. The molecule has 0 saturated carbocycles. The number of aryl methyl sites for hydroxylation is 1. The molecule has 0 aliphatic rings. The molecule has 4 aromatic rings. The lowest BCUT2D eigenvalue weighted by atomic mass is 10.2. The Morgan fingerprint density at radius 3 is 2.39 bits per heavy atom. The molecule has 4 rings (SSSR count). The van der Waals surface area contributed by atoms with Gasteiger partial charge in [-0.05, 0) is 43.3 Å². The minimum absolute atomic E-state index is 0.00490. The third-order valence-corrected chi connectivity index (χ3v) is 5.40. The van der Waals surface area contributed by atoms with Crippen LogP contribution in [0.3, 0.4) is 0 Å². The van der Waals surface area contributed by atoms with Crippen LogP contribution in [0.1, 0.15) is 5.56 Å². The molecule has 0 unspecified atom stereocenters. The number of benzene rings is 3. The number of anilines is 3. The van der Waals surface area contributed by atoms with Crippen LogP contribution in [-0.2, 0) is 0 Å². The molecule has 31 heavy (non-hydrogen) atoms. The molecule has 0 atom stereocenters. The summed E-state index contributed by atoms with van der Waals surface area (Å²) in [5.41, 5.74) is 6.14. The van der Waals surface area contributed by atoms with Crippen LogP contribution in [0.2, 0.25) is 0 Å². The number of nitrogens with one attached hydrogen (secondary N) is 3. The van der Waals surface area contributed by atoms with Crippen LogP contribution in [0.4, 0.5) is 22.9 Å². The Balaban J connectivity index is 1.82. The molecule has 3 aromatic carbocycles. The van der Waals surface area contributed by atoms with Gasteiger partial charge in [0.15, 0.2) is 11.2 Å². The largest absolute Gasteiger partial charge is 0.338 e. The van der Waals surface area contributed by atoms with Crippen molar-refractivity contribution in [1.82, 2.24) is 4.98 Å². The lowest BCUT2D eigenvalue weighted by Gasteiger charge is -2.05. The van der Waals surface area contributed by atoms with Gasteiger partial charge in [0.1, 0.15) is 4.67 Å². The second-order valence-electron chi connectivity index (χ2n) is 6.73. The van der Waals surface area contributed by atoms with E-state index >= 15 is 0 Å². The number of hydrogen-bond donors (Lipinski definition) is 3. The first-order chi connectivity index (χ1) is 15.0. The van der Waals surface area contributed by atoms with Gasteiger partial charge < -0.3 is 5.32 Å². The number of para-hydroxylation sites is 1. The third-order valence-electron chi connectivity index (χ3n) is 4.44. The van der Waals surface area contributed by atoms with Crippen molar-refractivity contribution in [1.29, 1.82) is 5.41 Å². The zero-order valence-corrected chi connectivity index (χ0v) is 17.3. The topological polar surface area (TPSA) is 116 Å². The standard InChI is InChI=1S/C22H18N6O2S/c1-14-6-8-15(9-7-14)24-22-20(21(23)31-19-5-3-2-4-18(19)25-22)27-26-16-10-12-17(13-11-16)28(29)30/h2-13,23,26H,1H3,(H,24,25)/b23-21?,27-20+.